The molecule has 0 fully saturated rings. The molecule has 1 aliphatic heterocycles. The van der Waals surface area contributed by atoms with Crippen LogP contribution in [0.5, 0.6) is 0 Å². The first-order chi connectivity index (χ1) is 8.89. The maximum absolute atomic E-state index is 11.3. The van der Waals surface area contributed by atoms with E-state index in [1.54, 1.807) is 20.0 Å². The number of benzene rings is 1. The summed E-state index contributed by atoms with van der Waals surface area (Å²) in [4.78, 5) is 12.8. The highest BCUT2D eigenvalue weighted by atomic mass is 16.6. The number of anilines is 1. The van der Waals surface area contributed by atoms with Crippen LogP contribution in [-0.4, -0.2) is 17.5 Å². The zero-order valence-corrected chi connectivity index (χ0v) is 11.1. The molecular formula is C14H15N3O2. The molecule has 0 aliphatic carbocycles. The van der Waals surface area contributed by atoms with Gasteiger partial charge in [-0.1, -0.05) is 18.2 Å². The molecule has 0 amide bonds. The largest absolute Gasteiger partial charge is 0.350 e. The van der Waals surface area contributed by atoms with Crippen LogP contribution >= 0.6 is 0 Å². The van der Waals surface area contributed by atoms with Crippen LogP contribution < -0.4 is 4.90 Å². The SMILES string of the molecule is CN1C=C(C#N)C(C(C)(C)[N+](=O)[O-])c2ccccc21. The van der Waals surface area contributed by atoms with Gasteiger partial charge < -0.3 is 4.90 Å². The minimum absolute atomic E-state index is 0.315. The van der Waals surface area contributed by atoms with Crippen molar-refractivity contribution in [3.8, 4) is 6.07 Å². The van der Waals surface area contributed by atoms with Crippen LogP contribution in [0.15, 0.2) is 36.0 Å². The molecule has 0 saturated heterocycles. The van der Waals surface area contributed by atoms with Crippen molar-refractivity contribution in [1.82, 2.24) is 0 Å². The molecule has 19 heavy (non-hydrogen) atoms. The summed E-state index contributed by atoms with van der Waals surface area (Å²) in [6.07, 6.45) is 1.68. The average Bonchev–Trinajstić information content (AvgIpc) is 2.38. The lowest BCUT2D eigenvalue weighted by atomic mass is 9.75. The average molecular weight is 257 g/mol. The Bertz CT molecular complexity index is 599. The topological polar surface area (TPSA) is 70.2 Å². The fourth-order valence-corrected chi connectivity index (χ4v) is 2.53. The molecule has 1 aliphatic rings. The van der Waals surface area contributed by atoms with Gasteiger partial charge in [-0.05, 0) is 11.6 Å². The van der Waals surface area contributed by atoms with Crippen molar-refractivity contribution in [3.05, 3.63) is 51.7 Å². The molecule has 0 radical (unpaired) electrons. The summed E-state index contributed by atoms with van der Waals surface area (Å²) in [6.45, 7) is 3.12. The van der Waals surface area contributed by atoms with Gasteiger partial charge in [-0.25, -0.2) is 0 Å². The van der Waals surface area contributed by atoms with Gasteiger partial charge in [-0.3, -0.25) is 10.1 Å². The molecule has 1 heterocycles. The minimum Gasteiger partial charge on any atom is -0.350 e. The number of rotatable bonds is 2. The first-order valence-electron chi connectivity index (χ1n) is 5.97. The van der Waals surface area contributed by atoms with Gasteiger partial charge in [-0.2, -0.15) is 5.26 Å². The third-order valence-electron chi connectivity index (χ3n) is 3.58. The molecular weight excluding hydrogens is 242 g/mol. The third kappa shape index (κ3) is 1.95. The Morgan fingerprint density at radius 2 is 2.05 bits per heavy atom. The number of para-hydroxylation sites is 1. The Morgan fingerprint density at radius 1 is 1.42 bits per heavy atom. The molecule has 5 nitrogen and oxygen atoms in total. The molecule has 0 N–H and O–H groups in total. The predicted molar refractivity (Wildman–Crippen MR) is 72.4 cm³/mol. The van der Waals surface area contributed by atoms with Crippen molar-refractivity contribution in [2.24, 2.45) is 0 Å². The molecule has 5 heteroatoms. The second kappa shape index (κ2) is 4.39. The zero-order valence-electron chi connectivity index (χ0n) is 11.1. The van der Waals surface area contributed by atoms with Crippen LogP contribution in [0, 0.1) is 21.4 Å². The van der Waals surface area contributed by atoms with Crippen molar-refractivity contribution >= 4 is 5.69 Å². The van der Waals surface area contributed by atoms with E-state index in [2.05, 4.69) is 6.07 Å². The highest BCUT2D eigenvalue weighted by Crippen LogP contribution is 2.43. The maximum atomic E-state index is 11.3. The molecule has 1 aromatic rings. The van der Waals surface area contributed by atoms with E-state index < -0.39 is 11.5 Å². The Morgan fingerprint density at radius 3 is 2.63 bits per heavy atom. The van der Waals surface area contributed by atoms with E-state index in [0.29, 0.717) is 5.57 Å². The van der Waals surface area contributed by atoms with Crippen LogP contribution in [0.1, 0.15) is 25.3 Å². The van der Waals surface area contributed by atoms with E-state index in [0.717, 1.165) is 11.3 Å². The molecule has 0 saturated carbocycles. The highest BCUT2D eigenvalue weighted by Gasteiger charge is 2.46. The number of nitrogens with zero attached hydrogens (tertiary/aromatic N) is 3. The molecule has 98 valence electrons. The molecule has 1 atom stereocenters. The van der Waals surface area contributed by atoms with Crippen molar-refractivity contribution in [2.75, 3.05) is 11.9 Å². The normalized spacial score (nSPS) is 18.3. The molecule has 0 aromatic heterocycles. The van der Waals surface area contributed by atoms with Gasteiger partial charge in [0.05, 0.1) is 17.6 Å². The van der Waals surface area contributed by atoms with Gasteiger partial charge in [-0.15, -0.1) is 0 Å². The molecule has 0 spiro atoms. The number of nitro groups is 1. The quantitative estimate of drug-likeness (QED) is 0.603. The monoisotopic (exact) mass is 257 g/mol. The van der Waals surface area contributed by atoms with E-state index >= 15 is 0 Å². The summed E-state index contributed by atoms with van der Waals surface area (Å²) in [6, 6.07) is 9.59. The molecule has 0 bridgehead atoms. The van der Waals surface area contributed by atoms with E-state index in [4.69, 9.17) is 0 Å². The van der Waals surface area contributed by atoms with Crippen LogP contribution in [0.4, 0.5) is 5.69 Å². The Labute approximate surface area is 111 Å². The number of fused-ring (bicyclic) bond motifs is 1. The standard InChI is InChI=1S/C14H15N3O2/c1-14(2,17(18)19)13-10(8-15)9-16(3)12-7-5-4-6-11(12)13/h4-7,9,13H,1-3H3. The Balaban J connectivity index is 2.66. The fourth-order valence-electron chi connectivity index (χ4n) is 2.53. The van der Waals surface area contributed by atoms with Crippen LogP contribution in [-0.2, 0) is 0 Å². The van der Waals surface area contributed by atoms with Gasteiger partial charge >= 0.3 is 0 Å². The number of nitriles is 1. The van der Waals surface area contributed by atoms with Crippen molar-refractivity contribution in [3.63, 3.8) is 0 Å². The summed E-state index contributed by atoms with van der Waals surface area (Å²) in [5.74, 6) is -0.528. The van der Waals surface area contributed by atoms with E-state index in [9.17, 15) is 15.4 Å². The lowest BCUT2D eigenvalue weighted by molar-refractivity contribution is -0.563. The van der Waals surface area contributed by atoms with E-state index in [-0.39, 0.29) is 4.92 Å². The Hall–Kier alpha value is -2.35. The van der Waals surface area contributed by atoms with Crippen LogP contribution in [0.2, 0.25) is 0 Å². The summed E-state index contributed by atoms with van der Waals surface area (Å²) >= 11 is 0. The highest BCUT2D eigenvalue weighted by molar-refractivity contribution is 5.64. The second-order valence-corrected chi connectivity index (χ2v) is 5.21. The first kappa shape index (κ1) is 13.1. The van der Waals surface area contributed by atoms with E-state index in [1.807, 2.05) is 36.2 Å². The lowest BCUT2D eigenvalue weighted by Crippen LogP contribution is -2.41. The molecule has 1 aromatic carbocycles. The predicted octanol–water partition coefficient (Wildman–Crippen LogP) is 2.68. The fraction of sp³-hybridized carbons (Fsp3) is 0.357. The second-order valence-electron chi connectivity index (χ2n) is 5.21. The molecule has 1 unspecified atom stereocenters. The van der Waals surface area contributed by atoms with Gasteiger partial charge in [0.25, 0.3) is 0 Å². The summed E-state index contributed by atoms with van der Waals surface area (Å²) < 4.78 is 0. The maximum Gasteiger partial charge on any atom is 0.228 e. The molecule has 2 rings (SSSR count). The number of hydrogen-bond donors (Lipinski definition) is 0. The smallest absolute Gasteiger partial charge is 0.228 e. The van der Waals surface area contributed by atoms with Gasteiger partial charge in [0.2, 0.25) is 5.54 Å². The minimum atomic E-state index is -1.22. The van der Waals surface area contributed by atoms with E-state index in [1.165, 1.54) is 0 Å². The summed E-state index contributed by atoms with van der Waals surface area (Å²) in [5.41, 5.74) is 0.925. The summed E-state index contributed by atoms with van der Waals surface area (Å²) in [5, 5.41) is 20.6. The van der Waals surface area contributed by atoms with Crippen molar-refractivity contribution < 1.29 is 4.92 Å². The first-order valence-corrected chi connectivity index (χ1v) is 5.97. The van der Waals surface area contributed by atoms with Gasteiger partial charge in [0.1, 0.15) is 0 Å². The van der Waals surface area contributed by atoms with Crippen molar-refractivity contribution in [2.45, 2.75) is 25.3 Å². The number of hydrogen-bond acceptors (Lipinski definition) is 4. The lowest BCUT2D eigenvalue weighted by Gasteiger charge is -2.34. The van der Waals surface area contributed by atoms with Gasteiger partial charge in [0.15, 0.2) is 0 Å². The van der Waals surface area contributed by atoms with Crippen LogP contribution in [0.3, 0.4) is 0 Å². The van der Waals surface area contributed by atoms with Crippen molar-refractivity contribution in [1.29, 1.82) is 5.26 Å². The Kier molecular flexibility index (Phi) is 3.03. The third-order valence-corrected chi connectivity index (χ3v) is 3.58. The van der Waals surface area contributed by atoms with Crippen LogP contribution in [0.25, 0.3) is 0 Å². The van der Waals surface area contributed by atoms with Gasteiger partial charge in [0, 0.05) is 37.7 Å². The summed E-state index contributed by atoms with van der Waals surface area (Å²) in [7, 11) is 1.84. The zero-order chi connectivity index (χ0) is 14.2.